The fourth-order valence-electron chi connectivity index (χ4n) is 2.43. The van der Waals surface area contributed by atoms with Crippen molar-refractivity contribution in [3.63, 3.8) is 0 Å². The van der Waals surface area contributed by atoms with Crippen molar-refractivity contribution in [2.75, 3.05) is 0 Å². The molecular formula is C19H17BrClN3S. The Balaban J connectivity index is 1.76. The van der Waals surface area contributed by atoms with Crippen LogP contribution in [0, 0.1) is 0 Å². The molecule has 0 amide bonds. The van der Waals surface area contributed by atoms with E-state index in [-0.39, 0.29) is 0 Å². The maximum absolute atomic E-state index is 5.96. The summed E-state index contributed by atoms with van der Waals surface area (Å²) >= 11 is 11.1. The molecule has 1 aromatic heterocycles. The third-order valence-electron chi connectivity index (χ3n) is 3.64. The van der Waals surface area contributed by atoms with Gasteiger partial charge in [-0.15, -0.1) is 16.8 Å². The molecule has 0 saturated carbocycles. The molecule has 25 heavy (non-hydrogen) atoms. The van der Waals surface area contributed by atoms with Crippen LogP contribution in [0.1, 0.15) is 17.0 Å². The Morgan fingerprint density at radius 2 is 1.92 bits per heavy atom. The first-order valence-corrected chi connectivity index (χ1v) is 9.96. The second-order valence-electron chi connectivity index (χ2n) is 5.52. The van der Waals surface area contributed by atoms with Crippen molar-refractivity contribution in [2.45, 2.75) is 23.9 Å². The van der Waals surface area contributed by atoms with Gasteiger partial charge >= 0.3 is 0 Å². The van der Waals surface area contributed by atoms with Crippen LogP contribution in [0.5, 0.6) is 0 Å². The molecule has 0 N–H and O–H groups in total. The lowest BCUT2D eigenvalue weighted by Gasteiger charge is -2.08. The fraction of sp³-hybridized carbons (Fsp3) is 0.158. The van der Waals surface area contributed by atoms with Crippen LogP contribution >= 0.6 is 39.3 Å². The Kier molecular flexibility index (Phi) is 6.34. The van der Waals surface area contributed by atoms with Crippen LogP contribution in [-0.2, 0) is 18.7 Å². The molecule has 0 spiro atoms. The van der Waals surface area contributed by atoms with Crippen LogP contribution < -0.4 is 0 Å². The van der Waals surface area contributed by atoms with Crippen molar-refractivity contribution in [3.8, 4) is 0 Å². The minimum atomic E-state index is 0.691. The van der Waals surface area contributed by atoms with Gasteiger partial charge < -0.3 is 4.57 Å². The highest BCUT2D eigenvalue weighted by Gasteiger charge is 2.12. The summed E-state index contributed by atoms with van der Waals surface area (Å²) in [4.78, 5) is 0. The van der Waals surface area contributed by atoms with Gasteiger partial charge in [-0.3, -0.25) is 0 Å². The molecule has 0 atom stereocenters. The minimum Gasteiger partial charge on any atom is -0.302 e. The zero-order valence-corrected chi connectivity index (χ0v) is 16.7. The zero-order valence-electron chi connectivity index (χ0n) is 13.5. The van der Waals surface area contributed by atoms with E-state index in [1.54, 1.807) is 11.8 Å². The lowest BCUT2D eigenvalue weighted by atomic mass is 10.1. The smallest absolute Gasteiger partial charge is 0.191 e. The standard InChI is InChI=1S/C19H17BrClN3S/c1-2-10-24-18(12-14-6-8-17(21)9-7-14)22-23-19(24)25-13-15-4-3-5-16(20)11-15/h2-9,11H,1,10,12-13H2. The van der Waals surface area contributed by atoms with Gasteiger partial charge in [0.2, 0.25) is 0 Å². The summed E-state index contributed by atoms with van der Waals surface area (Å²) in [5.74, 6) is 1.77. The predicted molar refractivity (Wildman–Crippen MR) is 108 cm³/mol. The topological polar surface area (TPSA) is 30.7 Å². The molecule has 2 aromatic carbocycles. The molecule has 0 unspecified atom stereocenters. The number of halogens is 2. The highest BCUT2D eigenvalue weighted by atomic mass is 79.9. The molecule has 0 saturated heterocycles. The Hall–Kier alpha value is -1.56. The highest BCUT2D eigenvalue weighted by Crippen LogP contribution is 2.24. The maximum atomic E-state index is 5.96. The summed E-state index contributed by atoms with van der Waals surface area (Å²) in [5, 5.41) is 10.4. The number of thioether (sulfide) groups is 1. The number of hydrogen-bond donors (Lipinski definition) is 0. The molecule has 0 bridgehead atoms. The average Bonchev–Trinajstić information content (AvgIpc) is 2.97. The maximum Gasteiger partial charge on any atom is 0.191 e. The van der Waals surface area contributed by atoms with E-state index in [9.17, 15) is 0 Å². The number of benzene rings is 2. The van der Waals surface area contributed by atoms with Gasteiger partial charge in [-0.1, -0.05) is 69.6 Å². The molecule has 0 aliphatic heterocycles. The molecular weight excluding hydrogens is 418 g/mol. The number of allylic oxidation sites excluding steroid dienone is 1. The molecule has 3 rings (SSSR count). The van der Waals surface area contributed by atoms with Gasteiger partial charge in [0, 0.05) is 28.2 Å². The molecule has 3 aromatic rings. The Morgan fingerprint density at radius 3 is 2.64 bits per heavy atom. The first-order valence-electron chi connectivity index (χ1n) is 7.80. The second kappa shape index (κ2) is 8.70. The van der Waals surface area contributed by atoms with E-state index in [1.807, 2.05) is 42.5 Å². The van der Waals surface area contributed by atoms with Crippen molar-refractivity contribution in [1.82, 2.24) is 14.8 Å². The highest BCUT2D eigenvalue weighted by molar-refractivity contribution is 9.10. The summed E-state index contributed by atoms with van der Waals surface area (Å²) in [6, 6.07) is 16.1. The summed E-state index contributed by atoms with van der Waals surface area (Å²) in [5.41, 5.74) is 2.40. The van der Waals surface area contributed by atoms with E-state index in [0.29, 0.717) is 6.54 Å². The van der Waals surface area contributed by atoms with E-state index in [1.165, 1.54) is 5.56 Å². The van der Waals surface area contributed by atoms with Gasteiger partial charge in [0.25, 0.3) is 0 Å². The van der Waals surface area contributed by atoms with E-state index >= 15 is 0 Å². The number of hydrogen-bond acceptors (Lipinski definition) is 3. The molecule has 3 nitrogen and oxygen atoms in total. The third kappa shape index (κ3) is 4.97. The second-order valence-corrected chi connectivity index (χ2v) is 7.81. The first-order chi connectivity index (χ1) is 12.2. The normalized spacial score (nSPS) is 10.8. The molecule has 0 aliphatic carbocycles. The van der Waals surface area contributed by atoms with E-state index in [4.69, 9.17) is 11.6 Å². The van der Waals surface area contributed by atoms with E-state index in [0.717, 1.165) is 38.2 Å². The van der Waals surface area contributed by atoms with Crippen molar-refractivity contribution in [3.05, 3.63) is 87.6 Å². The van der Waals surface area contributed by atoms with Crippen LogP contribution in [0.3, 0.4) is 0 Å². The summed E-state index contributed by atoms with van der Waals surface area (Å²) < 4.78 is 3.20. The molecule has 6 heteroatoms. The minimum absolute atomic E-state index is 0.691. The Morgan fingerprint density at radius 1 is 1.12 bits per heavy atom. The lowest BCUT2D eigenvalue weighted by Crippen LogP contribution is -2.04. The Bertz CT molecular complexity index is 861. The summed E-state index contributed by atoms with van der Waals surface area (Å²) in [6.45, 7) is 4.55. The van der Waals surface area contributed by atoms with Crippen LogP contribution in [-0.4, -0.2) is 14.8 Å². The van der Waals surface area contributed by atoms with Gasteiger partial charge in [-0.2, -0.15) is 0 Å². The van der Waals surface area contributed by atoms with Crippen LogP contribution in [0.4, 0.5) is 0 Å². The SMILES string of the molecule is C=CCn1c(Cc2ccc(Cl)cc2)nnc1SCc1cccc(Br)c1. The van der Waals surface area contributed by atoms with Gasteiger partial charge in [0.05, 0.1) is 0 Å². The van der Waals surface area contributed by atoms with Crippen LogP contribution in [0.25, 0.3) is 0 Å². The monoisotopic (exact) mass is 433 g/mol. The zero-order chi connectivity index (χ0) is 17.6. The first kappa shape index (κ1) is 18.2. The molecule has 0 radical (unpaired) electrons. The van der Waals surface area contributed by atoms with Gasteiger partial charge in [-0.25, -0.2) is 0 Å². The van der Waals surface area contributed by atoms with Crippen molar-refractivity contribution < 1.29 is 0 Å². The van der Waals surface area contributed by atoms with Gasteiger partial charge in [0.15, 0.2) is 5.16 Å². The van der Waals surface area contributed by atoms with E-state index in [2.05, 4.69) is 49.4 Å². The summed E-state index contributed by atoms with van der Waals surface area (Å²) in [6.07, 6.45) is 2.59. The van der Waals surface area contributed by atoms with Crippen molar-refractivity contribution in [2.24, 2.45) is 0 Å². The number of nitrogens with zero attached hydrogens (tertiary/aromatic N) is 3. The van der Waals surface area contributed by atoms with E-state index < -0.39 is 0 Å². The lowest BCUT2D eigenvalue weighted by molar-refractivity contribution is 0.690. The van der Waals surface area contributed by atoms with Crippen LogP contribution in [0.15, 0.2) is 70.8 Å². The van der Waals surface area contributed by atoms with Gasteiger partial charge in [0.1, 0.15) is 5.82 Å². The molecule has 0 fully saturated rings. The number of rotatable bonds is 7. The Labute approximate surface area is 165 Å². The van der Waals surface area contributed by atoms with Gasteiger partial charge in [-0.05, 0) is 35.4 Å². The quantitative estimate of drug-likeness (QED) is 0.350. The average molecular weight is 435 g/mol. The molecule has 128 valence electrons. The fourth-order valence-corrected chi connectivity index (χ4v) is 3.91. The largest absolute Gasteiger partial charge is 0.302 e. The summed E-state index contributed by atoms with van der Waals surface area (Å²) in [7, 11) is 0. The van der Waals surface area contributed by atoms with Crippen LogP contribution in [0.2, 0.25) is 5.02 Å². The third-order valence-corrected chi connectivity index (χ3v) is 5.42. The van der Waals surface area contributed by atoms with Crippen molar-refractivity contribution >= 4 is 39.3 Å². The predicted octanol–water partition coefficient (Wildman–Crippen LogP) is 5.76. The molecule has 0 aliphatic rings. The number of aromatic nitrogens is 3. The van der Waals surface area contributed by atoms with Crippen molar-refractivity contribution in [1.29, 1.82) is 0 Å². The molecule has 1 heterocycles.